The molecule has 0 aromatic heterocycles. The van der Waals surface area contributed by atoms with E-state index in [-0.39, 0.29) is 0 Å². The second kappa shape index (κ2) is 18.5. The molecular weight excluding hydrogens is 360 g/mol. The van der Waals surface area contributed by atoms with E-state index in [2.05, 4.69) is 6.92 Å². The quantitative estimate of drug-likeness (QED) is 0.222. The highest BCUT2D eigenvalue weighted by molar-refractivity contribution is 5.87. The highest BCUT2D eigenvalue weighted by atomic mass is 16.5. The summed E-state index contributed by atoms with van der Waals surface area (Å²) >= 11 is 0. The first-order valence-electron chi connectivity index (χ1n) is 12.2. The number of carboxylic acid groups (broad SMARTS) is 1. The smallest absolute Gasteiger partial charge is 0.335 e. The molecule has 1 aromatic rings. The molecule has 0 spiro atoms. The molecule has 1 aromatic carbocycles. The average molecular weight is 405 g/mol. The summed E-state index contributed by atoms with van der Waals surface area (Å²) in [6.45, 7) is 2.99. The van der Waals surface area contributed by atoms with Crippen LogP contribution in [0.25, 0.3) is 0 Å². The zero-order valence-corrected chi connectivity index (χ0v) is 18.8. The summed E-state index contributed by atoms with van der Waals surface area (Å²) in [5, 5.41) is 8.87. The normalized spacial score (nSPS) is 10.9. The second-order valence-electron chi connectivity index (χ2n) is 8.33. The van der Waals surface area contributed by atoms with E-state index in [9.17, 15) is 4.79 Å². The number of unbranched alkanes of at least 4 members (excludes halogenated alkanes) is 16. The Hall–Kier alpha value is -1.51. The van der Waals surface area contributed by atoms with Crippen LogP contribution in [0.15, 0.2) is 24.3 Å². The number of hydrogen-bond acceptors (Lipinski definition) is 2. The van der Waals surface area contributed by atoms with Gasteiger partial charge in [-0.1, -0.05) is 110 Å². The van der Waals surface area contributed by atoms with E-state index >= 15 is 0 Å². The fourth-order valence-corrected chi connectivity index (χ4v) is 3.71. The van der Waals surface area contributed by atoms with Crippen molar-refractivity contribution in [3.63, 3.8) is 0 Å². The third kappa shape index (κ3) is 15.1. The first-order chi connectivity index (χ1) is 14.2. The van der Waals surface area contributed by atoms with Gasteiger partial charge in [-0.25, -0.2) is 4.79 Å². The maximum atomic E-state index is 10.8. The summed E-state index contributed by atoms with van der Waals surface area (Å²) in [6.07, 6.45) is 23.3. The minimum atomic E-state index is -0.898. The third-order valence-electron chi connectivity index (χ3n) is 5.62. The van der Waals surface area contributed by atoms with Gasteiger partial charge in [0.1, 0.15) is 5.75 Å². The molecule has 3 heteroatoms. The molecular formula is C26H44O3. The van der Waals surface area contributed by atoms with Crippen LogP contribution in [0.4, 0.5) is 0 Å². The molecule has 166 valence electrons. The average Bonchev–Trinajstić information content (AvgIpc) is 2.73. The van der Waals surface area contributed by atoms with Crippen LogP contribution in [0.1, 0.15) is 126 Å². The topological polar surface area (TPSA) is 46.5 Å². The van der Waals surface area contributed by atoms with Crippen molar-refractivity contribution in [1.82, 2.24) is 0 Å². The summed E-state index contributed by atoms with van der Waals surface area (Å²) < 4.78 is 5.67. The van der Waals surface area contributed by atoms with Crippen molar-refractivity contribution < 1.29 is 14.6 Å². The lowest BCUT2D eigenvalue weighted by molar-refractivity contribution is 0.0697. The number of carboxylic acids is 1. The minimum absolute atomic E-state index is 0.301. The number of rotatable bonds is 20. The molecule has 0 aliphatic rings. The van der Waals surface area contributed by atoms with Gasteiger partial charge in [0.15, 0.2) is 0 Å². The zero-order chi connectivity index (χ0) is 21.0. The molecule has 0 unspecified atom stereocenters. The summed E-state index contributed by atoms with van der Waals surface area (Å²) in [5.41, 5.74) is 0.301. The molecule has 0 saturated carbocycles. The number of benzene rings is 1. The van der Waals surface area contributed by atoms with Gasteiger partial charge in [-0.2, -0.15) is 0 Å². The van der Waals surface area contributed by atoms with Crippen molar-refractivity contribution in [3.05, 3.63) is 29.8 Å². The van der Waals surface area contributed by atoms with Crippen LogP contribution in [0.3, 0.4) is 0 Å². The highest BCUT2D eigenvalue weighted by Crippen LogP contribution is 2.15. The van der Waals surface area contributed by atoms with Crippen LogP contribution < -0.4 is 4.74 Å². The SMILES string of the molecule is CCCCCCCCCCCCCCCCCCCOc1ccc(C(=O)O)cc1. The van der Waals surface area contributed by atoms with Crippen LogP contribution >= 0.6 is 0 Å². The number of aromatic carboxylic acids is 1. The van der Waals surface area contributed by atoms with Crippen LogP contribution in [0.2, 0.25) is 0 Å². The van der Waals surface area contributed by atoms with E-state index in [1.54, 1.807) is 24.3 Å². The van der Waals surface area contributed by atoms with Crippen LogP contribution in [0.5, 0.6) is 5.75 Å². The lowest BCUT2D eigenvalue weighted by Gasteiger charge is -2.06. The molecule has 0 atom stereocenters. The van der Waals surface area contributed by atoms with E-state index in [1.165, 1.54) is 103 Å². The molecule has 1 rings (SSSR count). The van der Waals surface area contributed by atoms with Gasteiger partial charge < -0.3 is 9.84 Å². The first-order valence-corrected chi connectivity index (χ1v) is 12.2. The van der Waals surface area contributed by atoms with E-state index in [1.807, 2.05) is 0 Å². The third-order valence-corrected chi connectivity index (χ3v) is 5.62. The molecule has 0 fully saturated rings. The standard InChI is InChI=1S/C26H44O3/c1-2-3-4-5-6-7-8-9-10-11-12-13-14-15-16-17-18-23-29-25-21-19-24(20-22-25)26(27)28/h19-22H,2-18,23H2,1H3,(H,27,28). The van der Waals surface area contributed by atoms with Crippen molar-refractivity contribution in [1.29, 1.82) is 0 Å². The summed E-state index contributed by atoms with van der Waals surface area (Å²) in [5.74, 6) is -0.142. The Morgan fingerprint density at radius 2 is 1.03 bits per heavy atom. The van der Waals surface area contributed by atoms with Gasteiger partial charge >= 0.3 is 5.97 Å². The zero-order valence-electron chi connectivity index (χ0n) is 18.8. The van der Waals surface area contributed by atoms with Gasteiger partial charge in [-0.3, -0.25) is 0 Å². The Balaban J connectivity index is 1.77. The molecule has 0 aliphatic heterocycles. The second-order valence-corrected chi connectivity index (χ2v) is 8.33. The Kier molecular flexibility index (Phi) is 16.3. The Bertz CT molecular complexity index is 495. The number of carbonyl (C=O) groups is 1. The van der Waals surface area contributed by atoms with Gasteiger partial charge in [-0.05, 0) is 30.7 Å². The van der Waals surface area contributed by atoms with Crippen LogP contribution in [-0.4, -0.2) is 17.7 Å². The molecule has 3 nitrogen and oxygen atoms in total. The van der Waals surface area contributed by atoms with E-state index < -0.39 is 5.97 Å². The van der Waals surface area contributed by atoms with Gasteiger partial charge in [0.05, 0.1) is 12.2 Å². The molecule has 0 heterocycles. The number of ether oxygens (including phenoxy) is 1. The van der Waals surface area contributed by atoms with Gasteiger partial charge in [-0.15, -0.1) is 0 Å². The molecule has 0 amide bonds. The Labute approximate surface area is 179 Å². The Morgan fingerprint density at radius 3 is 1.41 bits per heavy atom. The van der Waals surface area contributed by atoms with Gasteiger partial charge in [0.25, 0.3) is 0 Å². The molecule has 0 radical (unpaired) electrons. The fraction of sp³-hybridized carbons (Fsp3) is 0.731. The maximum Gasteiger partial charge on any atom is 0.335 e. The minimum Gasteiger partial charge on any atom is -0.494 e. The lowest BCUT2D eigenvalue weighted by Crippen LogP contribution is -1.99. The molecule has 0 aliphatic carbocycles. The molecule has 1 N–H and O–H groups in total. The number of hydrogen-bond donors (Lipinski definition) is 1. The van der Waals surface area contributed by atoms with Crippen LogP contribution in [0, 0.1) is 0 Å². The largest absolute Gasteiger partial charge is 0.494 e. The molecule has 0 bridgehead atoms. The summed E-state index contributed by atoms with van der Waals surface area (Å²) in [7, 11) is 0. The maximum absolute atomic E-state index is 10.8. The van der Waals surface area contributed by atoms with Crippen LogP contribution in [-0.2, 0) is 0 Å². The van der Waals surface area contributed by atoms with Gasteiger partial charge in [0, 0.05) is 0 Å². The van der Waals surface area contributed by atoms with Crippen molar-refractivity contribution in [2.45, 2.75) is 116 Å². The first kappa shape index (κ1) is 25.5. The monoisotopic (exact) mass is 404 g/mol. The van der Waals surface area contributed by atoms with Crippen molar-refractivity contribution >= 4 is 5.97 Å². The van der Waals surface area contributed by atoms with E-state index in [0.717, 1.165) is 12.2 Å². The molecule has 0 saturated heterocycles. The predicted molar refractivity (Wildman–Crippen MR) is 123 cm³/mol. The van der Waals surface area contributed by atoms with Crippen molar-refractivity contribution in [2.75, 3.05) is 6.61 Å². The fourth-order valence-electron chi connectivity index (χ4n) is 3.71. The van der Waals surface area contributed by atoms with E-state index in [4.69, 9.17) is 9.84 Å². The summed E-state index contributed by atoms with van der Waals surface area (Å²) in [4.78, 5) is 10.8. The van der Waals surface area contributed by atoms with E-state index in [0.29, 0.717) is 12.2 Å². The van der Waals surface area contributed by atoms with Gasteiger partial charge in [0.2, 0.25) is 0 Å². The van der Waals surface area contributed by atoms with Crippen molar-refractivity contribution in [2.24, 2.45) is 0 Å². The Morgan fingerprint density at radius 1 is 0.655 bits per heavy atom. The predicted octanol–water partition coefficient (Wildman–Crippen LogP) is 8.42. The highest BCUT2D eigenvalue weighted by Gasteiger charge is 2.02. The molecule has 29 heavy (non-hydrogen) atoms. The van der Waals surface area contributed by atoms with Crippen molar-refractivity contribution in [3.8, 4) is 5.75 Å². The lowest BCUT2D eigenvalue weighted by atomic mass is 10.0. The summed E-state index contributed by atoms with van der Waals surface area (Å²) in [6, 6.07) is 6.65.